The van der Waals surface area contributed by atoms with Gasteiger partial charge in [-0.05, 0) is 25.7 Å². The van der Waals surface area contributed by atoms with Crippen molar-refractivity contribution < 1.29 is 60.4 Å². The van der Waals surface area contributed by atoms with Gasteiger partial charge in [0.1, 0.15) is 11.8 Å². The number of carbonyl (C=O) groups excluding carboxylic acids is 4. The van der Waals surface area contributed by atoms with Gasteiger partial charge in [-0.25, -0.2) is 9.59 Å². The Labute approximate surface area is 227 Å². The Balaban J connectivity index is -0.000000569. The fourth-order valence-electron chi connectivity index (χ4n) is 2.82. The topological polar surface area (TPSA) is 105 Å². The predicted molar refractivity (Wildman–Crippen MR) is 130 cm³/mol. The SMILES string of the molecule is CCCOOC(=O)C(CCC)C(=O)C(C)(C)C.CCCOOC(=O)C(CCC)C(=O)C(C)(C)C.[Ti]. The molecule has 0 aliphatic rings. The zero-order valence-corrected chi connectivity index (χ0v) is 25.1. The summed E-state index contributed by atoms with van der Waals surface area (Å²) in [4.78, 5) is 66.4. The minimum atomic E-state index is -0.711. The number of ketones is 2. The molecule has 35 heavy (non-hydrogen) atoms. The van der Waals surface area contributed by atoms with E-state index >= 15 is 0 Å². The maximum absolute atomic E-state index is 12.1. The maximum Gasteiger partial charge on any atom is 0.352 e. The molecule has 0 aliphatic carbocycles. The van der Waals surface area contributed by atoms with E-state index in [2.05, 4.69) is 9.78 Å². The molecule has 0 bridgehead atoms. The van der Waals surface area contributed by atoms with Crippen LogP contribution in [0.4, 0.5) is 0 Å². The van der Waals surface area contributed by atoms with Crippen molar-refractivity contribution in [2.75, 3.05) is 13.2 Å². The number of rotatable bonds is 14. The predicted octanol–water partition coefficient (Wildman–Crippen LogP) is 5.80. The molecule has 0 aromatic heterocycles. The van der Waals surface area contributed by atoms with Crippen molar-refractivity contribution >= 4 is 23.5 Å². The van der Waals surface area contributed by atoms with Crippen LogP contribution in [0.5, 0.6) is 0 Å². The molecule has 0 aromatic rings. The molecule has 0 aromatic carbocycles. The van der Waals surface area contributed by atoms with E-state index in [4.69, 9.17) is 9.78 Å². The van der Waals surface area contributed by atoms with Gasteiger partial charge in [-0.1, -0.05) is 82.1 Å². The van der Waals surface area contributed by atoms with E-state index in [-0.39, 0.29) is 33.3 Å². The first-order valence-corrected chi connectivity index (χ1v) is 12.4. The number of carbonyl (C=O) groups is 4. The quantitative estimate of drug-likeness (QED) is 0.0902. The first-order valence-electron chi connectivity index (χ1n) is 12.4. The Morgan fingerprint density at radius 2 is 0.857 bits per heavy atom. The van der Waals surface area contributed by atoms with E-state index in [1.165, 1.54) is 0 Å². The molecule has 0 fully saturated rings. The van der Waals surface area contributed by atoms with E-state index in [0.717, 1.165) is 25.7 Å². The van der Waals surface area contributed by atoms with Crippen molar-refractivity contribution in [2.24, 2.45) is 22.7 Å². The van der Waals surface area contributed by atoms with E-state index in [1.54, 1.807) is 41.5 Å². The summed E-state index contributed by atoms with van der Waals surface area (Å²) in [6.07, 6.45) is 4.05. The molecule has 9 heteroatoms. The van der Waals surface area contributed by atoms with Crippen LogP contribution in [0, 0.1) is 22.7 Å². The van der Waals surface area contributed by atoms with Gasteiger partial charge in [-0.3, -0.25) is 19.4 Å². The molecule has 0 N–H and O–H groups in total. The van der Waals surface area contributed by atoms with Gasteiger partial charge in [-0.15, -0.1) is 0 Å². The zero-order valence-electron chi connectivity index (χ0n) is 23.6. The number of hydrogen-bond donors (Lipinski definition) is 0. The Kier molecular flexibility index (Phi) is 22.0. The smallest absolute Gasteiger partial charge is 0.298 e. The molecule has 0 amide bonds. The molecule has 0 aliphatic heterocycles. The summed E-state index contributed by atoms with van der Waals surface area (Å²) in [6.45, 7) is 19.2. The minimum Gasteiger partial charge on any atom is -0.298 e. The molecule has 0 spiro atoms. The van der Waals surface area contributed by atoms with Crippen molar-refractivity contribution in [3.05, 3.63) is 0 Å². The van der Waals surface area contributed by atoms with Gasteiger partial charge in [-0.2, -0.15) is 9.78 Å². The van der Waals surface area contributed by atoms with Crippen LogP contribution < -0.4 is 0 Å². The largest absolute Gasteiger partial charge is 0.352 e. The van der Waals surface area contributed by atoms with Gasteiger partial charge >= 0.3 is 11.9 Å². The molecule has 0 saturated heterocycles. The maximum atomic E-state index is 12.1. The number of Topliss-reactive ketones (excluding diaryl/α,β-unsaturated/α-hetero) is 2. The van der Waals surface area contributed by atoms with Gasteiger partial charge in [0.15, 0.2) is 11.6 Å². The zero-order chi connectivity index (χ0) is 26.9. The first kappa shape index (κ1) is 38.4. The summed E-state index contributed by atoms with van der Waals surface area (Å²) in [7, 11) is 0. The molecular weight excluding hydrogens is 488 g/mol. The van der Waals surface area contributed by atoms with Crippen LogP contribution >= 0.6 is 0 Å². The normalized spacial score (nSPS) is 12.9. The molecule has 2 unspecified atom stereocenters. The Morgan fingerprint density at radius 1 is 0.571 bits per heavy atom. The summed E-state index contributed by atoms with van der Waals surface area (Å²) in [6, 6.07) is 0. The van der Waals surface area contributed by atoms with Crippen molar-refractivity contribution in [1.82, 2.24) is 0 Å². The molecule has 0 heterocycles. The Hall–Kier alpha value is -1.09. The van der Waals surface area contributed by atoms with Gasteiger partial charge < -0.3 is 0 Å². The Bertz CT molecular complexity index is 566. The third-order valence-corrected chi connectivity index (χ3v) is 4.69. The molecule has 0 radical (unpaired) electrons. The van der Waals surface area contributed by atoms with E-state index in [9.17, 15) is 19.2 Å². The summed E-state index contributed by atoms with van der Waals surface area (Å²) >= 11 is 0. The van der Waals surface area contributed by atoms with Crippen LogP contribution in [0.3, 0.4) is 0 Å². The second kappa shape index (κ2) is 20.0. The summed E-state index contributed by atoms with van der Waals surface area (Å²) in [5.74, 6) is -2.75. The monoisotopic (exact) mass is 536 g/mol. The minimum absolute atomic E-state index is 0. The third kappa shape index (κ3) is 17.1. The van der Waals surface area contributed by atoms with Gasteiger partial charge in [0.2, 0.25) is 0 Å². The number of hydrogen-bond acceptors (Lipinski definition) is 8. The molecular formula is C26H48O8Ti. The van der Waals surface area contributed by atoms with Crippen LogP contribution in [0.2, 0.25) is 0 Å². The van der Waals surface area contributed by atoms with Crippen molar-refractivity contribution in [1.29, 1.82) is 0 Å². The fourth-order valence-corrected chi connectivity index (χ4v) is 2.82. The first-order chi connectivity index (χ1) is 15.7. The average molecular weight is 537 g/mol. The van der Waals surface area contributed by atoms with Crippen molar-refractivity contribution in [3.8, 4) is 0 Å². The van der Waals surface area contributed by atoms with Crippen LogP contribution in [-0.4, -0.2) is 36.7 Å². The molecule has 2 atom stereocenters. The second-order valence-corrected chi connectivity index (χ2v) is 10.4. The van der Waals surface area contributed by atoms with E-state index in [0.29, 0.717) is 26.1 Å². The van der Waals surface area contributed by atoms with Crippen molar-refractivity contribution in [2.45, 2.75) is 108 Å². The Morgan fingerprint density at radius 3 is 1.06 bits per heavy atom. The van der Waals surface area contributed by atoms with Crippen LogP contribution in [0.15, 0.2) is 0 Å². The molecule has 0 rings (SSSR count). The van der Waals surface area contributed by atoms with Gasteiger partial charge in [0, 0.05) is 32.5 Å². The van der Waals surface area contributed by atoms with Crippen LogP contribution in [-0.2, 0) is 60.4 Å². The molecule has 8 nitrogen and oxygen atoms in total. The summed E-state index contributed by atoms with van der Waals surface area (Å²) in [5, 5.41) is 0. The second-order valence-electron chi connectivity index (χ2n) is 10.4. The van der Waals surface area contributed by atoms with Crippen molar-refractivity contribution in [3.63, 3.8) is 0 Å². The average Bonchev–Trinajstić information content (AvgIpc) is 2.74. The molecule has 204 valence electrons. The standard InChI is InChI=1S/2C13H24O4.Ti/c2*1-6-8-10(11(14)13(3,4)5)12(15)17-16-9-7-2;/h2*10H,6-9H2,1-5H3;. The third-order valence-electron chi connectivity index (χ3n) is 4.69. The summed E-state index contributed by atoms with van der Waals surface area (Å²) < 4.78 is 0. The fraction of sp³-hybridized carbons (Fsp3) is 0.846. The van der Waals surface area contributed by atoms with Gasteiger partial charge in [0.05, 0.1) is 13.2 Å². The van der Waals surface area contributed by atoms with Crippen LogP contribution in [0.25, 0.3) is 0 Å². The summed E-state index contributed by atoms with van der Waals surface area (Å²) in [5.41, 5.74) is -1.08. The van der Waals surface area contributed by atoms with Crippen LogP contribution in [0.1, 0.15) is 108 Å². The van der Waals surface area contributed by atoms with Gasteiger partial charge in [0.25, 0.3) is 0 Å². The molecule has 0 saturated carbocycles. The van der Waals surface area contributed by atoms with E-state index < -0.39 is 34.6 Å². The van der Waals surface area contributed by atoms with E-state index in [1.807, 2.05) is 27.7 Å².